The number of nitrogens with one attached hydrogen (secondary N) is 1. The second-order valence-corrected chi connectivity index (χ2v) is 5.46. The van der Waals surface area contributed by atoms with Gasteiger partial charge in [0.2, 0.25) is 0 Å². The molecule has 0 saturated heterocycles. The van der Waals surface area contributed by atoms with Gasteiger partial charge in [0.1, 0.15) is 0 Å². The van der Waals surface area contributed by atoms with Crippen LogP contribution < -0.4 is 5.32 Å². The number of carbonyl (C=O) groups is 2. The lowest BCUT2D eigenvalue weighted by Gasteiger charge is -2.09. The van der Waals surface area contributed by atoms with Crippen LogP contribution in [0.5, 0.6) is 0 Å². The van der Waals surface area contributed by atoms with E-state index in [9.17, 15) is 9.59 Å². The molecule has 0 unspecified atom stereocenters. The van der Waals surface area contributed by atoms with Crippen molar-refractivity contribution in [3.8, 4) is 0 Å². The molecule has 0 saturated carbocycles. The first kappa shape index (κ1) is 16.7. The number of para-hydroxylation sites is 1. The maximum atomic E-state index is 11.9. The third-order valence-corrected chi connectivity index (χ3v) is 3.86. The van der Waals surface area contributed by atoms with Crippen molar-refractivity contribution in [2.75, 3.05) is 19.0 Å². The van der Waals surface area contributed by atoms with E-state index in [1.807, 2.05) is 17.5 Å². The molecule has 0 fully saturated rings. The number of anilines is 1. The van der Waals surface area contributed by atoms with Crippen molar-refractivity contribution in [1.29, 1.82) is 0 Å². The smallest absolute Gasteiger partial charge is 0.339 e. The van der Waals surface area contributed by atoms with Gasteiger partial charge in [0.05, 0.1) is 28.9 Å². The van der Waals surface area contributed by atoms with E-state index in [1.54, 1.807) is 31.2 Å². The molecule has 1 aromatic carbocycles. The summed E-state index contributed by atoms with van der Waals surface area (Å²) in [5, 5.41) is 8.43. The lowest BCUT2D eigenvalue weighted by atomic mass is 10.2. The van der Waals surface area contributed by atoms with Gasteiger partial charge in [-0.3, -0.25) is 4.79 Å². The van der Waals surface area contributed by atoms with Crippen LogP contribution in [0.4, 0.5) is 5.69 Å². The highest BCUT2D eigenvalue weighted by molar-refractivity contribution is 7.12. The Balaban J connectivity index is 1.93. The molecular weight excluding hydrogens is 316 g/mol. The maximum absolute atomic E-state index is 11.9. The fourth-order valence-electron chi connectivity index (χ4n) is 1.78. The zero-order valence-corrected chi connectivity index (χ0v) is 13.6. The summed E-state index contributed by atoms with van der Waals surface area (Å²) in [7, 11) is 1.28. The Morgan fingerprint density at radius 3 is 2.70 bits per heavy atom. The average molecular weight is 332 g/mol. The number of hydrogen-bond acceptors (Lipinski definition) is 6. The molecule has 7 heteroatoms. The van der Waals surface area contributed by atoms with Crippen LogP contribution in [0.3, 0.4) is 0 Å². The number of rotatable bonds is 6. The predicted octanol–water partition coefficient (Wildman–Crippen LogP) is 2.91. The molecule has 6 nitrogen and oxygen atoms in total. The van der Waals surface area contributed by atoms with Gasteiger partial charge in [-0.05, 0) is 30.5 Å². The molecule has 0 atom stereocenters. The van der Waals surface area contributed by atoms with Crippen LogP contribution in [0, 0.1) is 0 Å². The molecule has 1 heterocycles. The van der Waals surface area contributed by atoms with Crippen LogP contribution in [0.15, 0.2) is 46.9 Å². The molecule has 1 amide bonds. The largest absolute Gasteiger partial charge is 0.465 e. The summed E-state index contributed by atoms with van der Waals surface area (Å²) in [6.07, 6.45) is 0. The molecule has 0 spiro atoms. The number of carbonyl (C=O) groups excluding carboxylic acids is 2. The molecule has 0 radical (unpaired) electrons. The summed E-state index contributed by atoms with van der Waals surface area (Å²) in [4.78, 5) is 29.5. The van der Waals surface area contributed by atoms with Gasteiger partial charge in [-0.2, -0.15) is 0 Å². The van der Waals surface area contributed by atoms with Gasteiger partial charge in [0.15, 0.2) is 6.61 Å². The van der Waals surface area contributed by atoms with E-state index in [1.165, 1.54) is 18.4 Å². The fourth-order valence-corrected chi connectivity index (χ4v) is 2.45. The molecule has 0 bridgehead atoms. The highest BCUT2D eigenvalue weighted by Gasteiger charge is 2.13. The van der Waals surface area contributed by atoms with E-state index in [0.717, 1.165) is 4.88 Å². The number of ether oxygens (including phenoxy) is 1. The van der Waals surface area contributed by atoms with Gasteiger partial charge < -0.3 is 14.9 Å². The zero-order valence-electron chi connectivity index (χ0n) is 12.7. The van der Waals surface area contributed by atoms with Crippen molar-refractivity contribution in [1.82, 2.24) is 0 Å². The number of methoxy groups -OCH3 is 1. The zero-order chi connectivity index (χ0) is 16.7. The summed E-state index contributed by atoms with van der Waals surface area (Å²) in [6, 6.07) is 10.4. The Kier molecular flexibility index (Phi) is 5.87. The van der Waals surface area contributed by atoms with Gasteiger partial charge in [0, 0.05) is 0 Å². The number of benzene rings is 1. The summed E-state index contributed by atoms with van der Waals surface area (Å²) >= 11 is 1.54. The number of hydrogen-bond donors (Lipinski definition) is 1. The third-order valence-electron chi connectivity index (χ3n) is 2.88. The van der Waals surface area contributed by atoms with Crippen LogP contribution in [0.1, 0.15) is 22.2 Å². The summed E-state index contributed by atoms with van der Waals surface area (Å²) in [6.45, 7) is 1.55. The molecule has 2 rings (SSSR count). The first-order valence-electron chi connectivity index (χ1n) is 6.79. The van der Waals surface area contributed by atoms with Crippen molar-refractivity contribution in [3.63, 3.8) is 0 Å². The molecule has 2 aromatic rings. The van der Waals surface area contributed by atoms with E-state index in [4.69, 9.17) is 4.84 Å². The molecule has 0 aliphatic heterocycles. The highest BCUT2D eigenvalue weighted by atomic mass is 32.1. The number of thiophene rings is 1. The monoisotopic (exact) mass is 332 g/mol. The Bertz CT molecular complexity index is 711. The minimum atomic E-state index is -0.520. The number of nitrogens with zero attached hydrogens (tertiary/aromatic N) is 1. The average Bonchev–Trinajstić information content (AvgIpc) is 3.09. The molecule has 23 heavy (non-hydrogen) atoms. The first-order chi connectivity index (χ1) is 11.1. The lowest BCUT2D eigenvalue weighted by molar-refractivity contribution is -0.120. The normalized spacial score (nSPS) is 11.0. The second kappa shape index (κ2) is 8.09. The molecule has 1 N–H and O–H groups in total. The third kappa shape index (κ3) is 4.65. The van der Waals surface area contributed by atoms with Gasteiger partial charge in [-0.25, -0.2) is 4.79 Å². The van der Waals surface area contributed by atoms with Crippen molar-refractivity contribution in [2.45, 2.75) is 6.92 Å². The molecule has 0 aliphatic rings. The van der Waals surface area contributed by atoms with Crippen molar-refractivity contribution in [2.24, 2.45) is 5.16 Å². The number of oxime groups is 1. The Hall–Kier alpha value is -2.67. The highest BCUT2D eigenvalue weighted by Crippen LogP contribution is 2.16. The first-order valence-corrected chi connectivity index (χ1v) is 7.67. The van der Waals surface area contributed by atoms with Gasteiger partial charge in [-0.15, -0.1) is 11.3 Å². The molecular formula is C16H16N2O4S. The van der Waals surface area contributed by atoms with Crippen LogP contribution in [-0.2, 0) is 14.4 Å². The quantitative estimate of drug-likeness (QED) is 0.501. The van der Waals surface area contributed by atoms with E-state index in [2.05, 4.69) is 15.2 Å². The van der Waals surface area contributed by atoms with Crippen LogP contribution in [0.2, 0.25) is 0 Å². The fraction of sp³-hybridized carbons (Fsp3) is 0.188. The topological polar surface area (TPSA) is 77.0 Å². The van der Waals surface area contributed by atoms with E-state index >= 15 is 0 Å². The number of esters is 1. The lowest BCUT2D eigenvalue weighted by Crippen LogP contribution is -2.19. The minimum absolute atomic E-state index is 0.252. The van der Waals surface area contributed by atoms with Gasteiger partial charge in [-0.1, -0.05) is 23.4 Å². The summed E-state index contributed by atoms with van der Waals surface area (Å²) in [5.74, 6) is -0.933. The SMILES string of the molecule is COC(=O)c1ccccc1NC(=O)CO/N=C(/C)c1cccs1. The van der Waals surface area contributed by atoms with Crippen LogP contribution >= 0.6 is 11.3 Å². The van der Waals surface area contributed by atoms with E-state index < -0.39 is 11.9 Å². The standard InChI is InChI=1S/C16H16N2O4S/c1-11(14-8-5-9-23-14)18-22-10-15(19)17-13-7-4-3-6-12(13)16(20)21-2/h3-9H,10H2,1-2H3,(H,17,19)/b18-11-. The summed E-state index contributed by atoms with van der Waals surface area (Å²) < 4.78 is 4.67. The Labute approximate surface area is 137 Å². The van der Waals surface area contributed by atoms with Crippen molar-refractivity contribution in [3.05, 3.63) is 52.2 Å². The van der Waals surface area contributed by atoms with Crippen LogP contribution in [0.25, 0.3) is 0 Å². The molecule has 1 aromatic heterocycles. The minimum Gasteiger partial charge on any atom is -0.465 e. The number of amides is 1. The van der Waals surface area contributed by atoms with E-state index in [0.29, 0.717) is 11.4 Å². The predicted molar refractivity (Wildman–Crippen MR) is 88.9 cm³/mol. The second-order valence-electron chi connectivity index (χ2n) is 4.51. The van der Waals surface area contributed by atoms with Gasteiger partial charge in [0.25, 0.3) is 5.91 Å². The van der Waals surface area contributed by atoms with Crippen molar-refractivity contribution < 1.29 is 19.2 Å². The Morgan fingerprint density at radius 2 is 2.00 bits per heavy atom. The van der Waals surface area contributed by atoms with Crippen LogP contribution in [-0.4, -0.2) is 31.3 Å². The van der Waals surface area contributed by atoms with Crippen molar-refractivity contribution >= 4 is 34.6 Å². The Morgan fingerprint density at radius 1 is 1.22 bits per heavy atom. The molecule has 120 valence electrons. The van der Waals surface area contributed by atoms with E-state index in [-0.39, 0.29) is 12.2 Å². The maximum Gasteiger partial charge on any atom is 0.339 e. The molecule has 0 aliphatic carbocycles. The summed E-state index contributed by atoms with van der Waals surface area (Å²) in [5.41, 5.74) is 1.34. The van der Waals surface area contributed by atoms with Gasteiger partial charge >= 0.3 is 5.97 Å².